The number of hydrogen-bond acceptors (Lipinski definition) is 6. The van der Waals surface area contributed by atoms with E-state index in [0.29, 0.717) is 35.8 Å². The van der Waals surface area contributed by atoms with Gasteiger partial charge in [-0.3, -0.25) is 9.59 Å². The van der Waals surface area contributed by atoms with E-state index in [1.165, 1.54) is 13.8 Å². The average Bonchev–Trinajstić information content (AvgIpc) is 2.71. The van der Waals surface area contributed by atoms with Gasteiger partial charge in [-0.1, -0.05) is 0 Å². The maximum absolute atomic E-state index is 12.5. The second-order valence-electron chi connectivity index (χ2n) is 6.33. The zero-order chi connectivity index (χ0) is 21.4. The third kappa shape index (κ3) is 6.15. The van der Waals surface area contributed by atoms with E-state index in [9.17, 15) is 14.4 Å². The van der Waals surface area contributed by atoms with Gasteiger partial charge in [0, 0.05) is 30.3 Å². The molecule has 0 aliphatic carbocycles. The number of ether oxygens (including phenoxy) is 3. The Hall–Kier alpha value is -3.19. The molecule has 0 radical (unpaired) electrons. The first kappa shape index (κ1) is 22.1. The highest BCUT2D eigenvalue weighted by Crippen LogP contribution is 2.22. The predicted molar refractivity (Wildman–Crippen MR) is 108 cm³/mol. The van der Waals surface area contributed by atoms with E-state index in [4.69, 9.17) is 14.2 Å². The summed E-state index contributed by atoms with van der Waals surface area (Å²) in [5.41, 5.74) is 1.99. The van der Waals surface area contributed by atoms with Crippen LogP contribution in [0.1, 0.15) is 47.1 Å². The minimum absolute atomic E-state index is 0.199. The summed E-state index contributed by atoms with van der Waals surface area (Å²) in [6.07, 6.45) is -0.966. The molecule has 2 aromatic rings. The fraction of sp³-hybridized carbons (Fsp3) is 0.318. The van der Waals surface area contributed by atoms with Crippen molar-refractivity contribution in [3.05, 3.63) is 59.2 Å². The molecule has 0 saturated carbocycles. The lowest BCUT2D eigenvalue weighted by molar-refractivity contribution is -0.114. The number of carbonyl (C=O) groups is 3. The van der Waals surface area contributed by atoms with Gasteiger partial charge >= 0.3 is 5.97 Å². The number of hydrogen-bond donors (Lipinski definition) is 1. The summed E-state index contributed by atoms with van der Waals surface area (Å²) in [6.45, 7) is 5.63. The van der Waals surface area contributed by atoms with Crippen molar-refractivity contribution in [3.63, 3.8) is 0 Å². The number of carbonyl (C=O) groups excluding carboxylic acids is 3. The molecule has 1 amide bonds. The Labute approximate surface area is 170 Å². The molecule has 7 heteroatoms. The average molecular weight is 399 g/mol. The van der Waals surface area contributed by atoms with Gasteiger partial charge in [0.2, 0.25) is 11.7 Å². The van der Waals surface area contributed by atoms with Gasteiger partial charge in [0.05, 0.1) is 19.3 Å². The Kier molecular flexibility index (Phi) is 7.91. The molecule has 1 atom stereocenters. The Morgan fingerprint density at radius 1 is 1.03 bits per heavy atom. The number of anilines is 1. The van der Waals surface area contributed by atoms with Crippen LogP contribution in [0.4, 0.5) is 5.69 Å². The zero-order valence-electron chi connectivity index (χ0n) is 17.0. The summed E-state index contributed by atoms with van der Waals surface area (Å²) in [6, 6.07) is 11.3. The normalized spacial score (nSPS) is 11.4. The monoisotopic (exact) mass is 399 g/mol. The highest BCUT2D eigenvalue weighted by Gasteiger charge is 2.21. The molecule has 0 bridgehead atoms. The Bertz CT molecular complexity index is 875. The molecule has 2 aromatic carbocycles. The third-order valence-corrected chi connectivity index (χ3v) is 4.12. The molecule has 0 fully saturated rings. The SMILES string of the molecule is CCOCc1cc(C(=O)O[C@H](C)C(=O)c2ccc(NC(C)=O)cc2)ccc1OC. The second kappa shape index (κ2) is 10.4. The first-order valence-corrected chi connectivity index (χ1v) is 9.23. The largest absolute Gasteiger partial charge is 0.496 e. The molecular weight excluding hydrogens is 374 g/mol. The minimum atomic E-state index is -0.966. The summed E-state index contributed by atoms with van der Waals surface area (Å²) >= 11 is 0. The van der Waals surface area contributed by atoms with Crippen molar-refractivity contribution in [2.75, 3.05) is 19.0 Å². The van der Waals surface area contributed by atoms with Crippen LogP contribution < -0.4 is 10.1 Å². The van der Waals surface area contributed by atoms with E-state index in [1.807, 2.05) is 6.92 Å². The molecule has 0 aliphatic rings. The highest BCUT2D eigenvalue weighted by molar-refractivity contribution is 6.02. The lowest BCUT2D eigenvalue weighted by Gasteiger charge is -2.14. The number of rotatable bonds is 9. The molecule has 0 saturated heterocycles. The number of esters is 1. The summed E-state index contributed by atoms with van der Waals surface area (Å²) in [4.78, 5) is 36.1. The minimum Gasteiger partial charge on any atom is -0.496 e. The van der Waals surface area contributed by atoms with Gasteiger partial charge in [0.1, 0.15) is 5.75 Å². The molecule has 29 heavy (non-hydrogen) atoms. The fourth-order valence-electron chi connectivity index (χ4n) is 2.67. The third-order valence-electron chi connectivity index (χ3n) is 4.12. The first-order valence-electron chi connectivity index (χ1n) is 9.23. The molecule has 0 spiro atoms. The van der Waals surface area contributed by atoms with Crippen LogP contribution in [0, 0.1) is 0 Å². The summed E-state index contributed by atoms with van der Waals surface area (Å²) in [5, 5.41) is 2.63. The van der Waals surface area contributed by atoms with E-state index in [0.717, 1.165) is 5.56 Å². The molecular formula is C22H25NO6. The van der Waals surface area contributed by atoms with Gasteiger partial charge in [-0.05, 0) is 56.3 Å². The molecule has 0 aliphatic heterocycles. The van der Waals surface area contributed by atoms with E-state index in [1.54, 1.807) is 49.6 Å². The number of Topliss-reactive ketones (excluding diaryl/α,β-unsaturated/α-hetero) is 1. The fourth-order valence-corrected chi connectivity index (χ4v) is 2.67. The van der Waals surface area contributed by atoms with Crippen LogP contribution >= 0.6 is 0 Å². The Morgan fingerprint density at radius 2 is 1.69 bits per heavy atom. The van der Waals surface area contributed by atoms with E-state index in [-0.39, 0.29) is 11.7 Å². The van der Waals surface area contributed by atoms with Crippen molar-refractivity contribution in [1.29, 1.82) is 0 Å². The van der Waals surface area contributed by atoms with Crippen LogP contribution in [0.25, 0.3) is 0 Å². The molecule has 0 heterocycles. The van der Waals surface area contributed by atoms with Crippen molar-refractivity contribution in [1.82, 2.24) is 0 Å². The smallest absolute Gasteiger partial charge is 0.338 e. The van der Waals surface area contributed by atoms with Crippen molar-refractivity contribution in [2.24, 2.45) is 0 Å². The highest BCUT2D eigenvalue weighted by atomic mass is 16.5. The van der Waals surface area contributed by atoms with Crippen LogP contribution in [0.3, 0.4) is 0 Å². The van der Waals surface area contributed by atoms with Crippen molar-refractivity contribution >= 4 is 23.3 Å². The van der Waals surface area contributed by atoms with E-state index in [2.05, 4.69) is 5.32 Å². The lowest BCUT2D eigenvalue weighted by Crippen LogP contribution is -2.24. The summed E-state index contributed by atoms with van der Waals surface area (Å²) in [7, 11) is 1.54. The zero-order valence-corrected chi connectivity index (χ0v) is 17.0. The molecule has 0 aromatic heterocycles. The Balaban J connectivity index is 2.07. The number of amides is 1. The molecule has 1 N–H and O–H groups in total. The maximum atomic E-state index is 12.5. The van der Waals surface area contributed by atoms with Gasteiger partial charge in [0.25, 0.3) is 0 Å². The van der Waals surface area contributed by atoms with E-state index < -0.39 is 12.1 Å². The van der Waals surface area contributed by atoms with Gasteiger partial charge in [-0.15, -0.1) is 0 Å². The van der Waals surface area contributed by atoms with Crippen LogP contribution in [-0.2, 0) is 20.9 Å². The van der Waals surface area contributed by atoms with Gasteiger partial charge < -0.3 is 19.5 Å². The maximum Gasteiger partial charge on any atom is 0.338 e. The van der Waals surface area contributed by atoms with Crippen LogP contribution in [-0.4, -0.2) is 37.5 Å². The topological polar surface area (TPSA) is 90.9 Å². The molecule has 7 nitrogen and oxygen atoms in total. The van der Waals surface area contributed by atoms with Crippen LogP contribution in [0.15, 0.2) is 42.5 Å². The standard InChI is InChI=1S/C22H25NO6/c1-5-28-13-18-12-17(8-11-20(18)27-4)22(26)29-14(2)21(25)16-6-9-19(10-7-16)23-15(3)24/h6-12,14H,5,13H2,1-4H3,(H,23,24)/t14-/m1/s1. The first-order chi connectivity index (χ1) is 13.8. The van der Waals surface area contributed by atoms with Crippen molar-refractivity contribution < 1.29 is 28.6 Å². The van der Waals surface area contributed by atoms with Crippen LogP contribution in [0.5, 0.6) is 5.75 Å². The summed E-state index contributed by atoms with van der Waals surface area (Å²) < 4.78 is 16.0. The second-order valence-corrected chi connectivity index (χ2v) is 6.33. The quantitative estimate of drug-likeness (QED) is 0.512. The molecule has 0 unspecified atom stereocenters. The number of methoxy groups -OCH3 is 1. The number of nitrogens with one attached hydrogen (secondary N) is 1. The van der Waals surface area contributed by atoms with Crippen molar-refractivity contribution in [2.45, 2.75) is 33.5 Å². The van der Waals surface area contributed by atoms with Crippen molar-refractivity contribution in [3.8, 4) is 5.75 Å². The van der Waals surface area contributed by atoms with Gasteiger partial charge in [0.15, 0.2) is 6.10 Å². The van der Waals surface area contributed by atoms with Gasteiger partial charge in [-0.2, -0.15) is 0 Å². The lowest BCUT2D eigenvalue weighted by atomic mass is 10.1. The molecule has 2 rings (SSSR count). The Morgan fingerprint density at radius 3 is 2.28 bits per heavy atom. The number of ketones is 1. The van der Waals surface area contributed by atoms with E-state index >= 15 is 0 Å². The number of benzene rings is 2. The molecule has 154 valence electrons. The van der Waals surface area contributed by atoms with Gasteiger partial charge in [-0.25, -0.2) is 4.79 Å². The predicted octanol–water partition coefficient (Wildman–Crippen LogP) is 3.62. The van der Waals surface area contributed by atoms with Crippen LogP contribution in [0.2, 0.25) is 0 Å². The summed E-state index contributed by atoms with van der Waals surface area (Å²) in [5.74, 6) is -0.537.